The van der Waals surface area contributed by atoms with Crippen LogP contribution in [0.1, 0.15) is 37.8 Å². The van der Waals surface area contributed by atoms with Crippen molar-refractivity contribution in [2.24, 2.45) is 0 Å². The smallest absolute Gasteiger partial charge is 0.242 e. The molecule has 28 heavy (non-hydrogen) atoms. The van der Waals surface area contributed by atoms with Gasteiger partial charge < -0.3 is 10.2 Å². The van der Waals surface area contributed by atoms with Crippen LogP contribution < -0.4 is 5.32 Å². The first-order chi connectivity index (χ1) is 13.5. The quantitative estimate of drug-likeness (QED) is 0.606. The van der Waals surface area contributed by atoms with Crippen LogP contribution in [0.5, 0.6) is 0 Å². The van der Waals surface area contributed by atoms with Gasteiger partial charge >= 0.3 is 0 Å². The fraction of sp³-hybridized carbons (Fsp3) is 0.391. The molecule has 0 saturated heterocycles. The molecule has 2 aromatic rings. The molecule has 0 aliphatic rings. The van der Waals surface area contributed by atoms with Gasteiger partial charge in [0.2, 0.25) is 11.8 Å². The Balaban J connectivity index is 2.08. The number of benzene rings is 2. The monoisotopic (exact) mass is 400 g/mol. The number of carbonyl (C=O) groups excluding carboxylic acids is 2. The largest absolute Gasteiger partial charge is 0.354 e. The summed E-state index contributed by atoms with van der Waals surface area (Å²) in [7, 11) is 0. The van der Waals surface area contributed by atoms with E-state index in [1.165, 1.54) is 0 Å². The summed E-state index contributed by atoms with van der Waals surface area (Å²) in [6.45, 7) is 5.01. The molecule has 0 radical (unpaired) electrons. The summed E-state index contributed by atoms with van der Waals surface area (Å²) in [5.74, 6) is -0.164. The standard InChI is InChI=1S/C23H29ClN2O2/c1-3-4-15-25-23(28)18(2)26(16-14-19-8-6-5-7-9-19)22(27)17-20-10-12-21(24)13-11-20/h5-13,18H,3-4,14-17H2,1-2H3,(H,25,28)/t18-/m1/s1. The molecule has 150 valence electrons. The number of amides is 2. The van der Waals surface area contributed by atoms with Gasteiger partial charge in [0.1, 0.15) is 6.04 Å². The van der Waals surface area contributed by atoms with Crippen molar-refractivity contribution in [3.63, 3.8) is 0 Å². The van der Waals surface area contributed by atoms with E-state index in [9.17, 15) is 9.59 Å². The van der Waals surface area contributed by atoms with Crippen molar-refractivity contribution in [1.29, 1.82) is 0 Å². The minimum Gasteiger partial charge on any atom is -0.354 e. The maximum atomic E-state index is 13.0. The van der Waals surface area contributed by atoms with E-state index in [0.29, 0.717) is 24.5 Å². The molecule has 0 aliphatic heterocycles. The first kappa shape index (κ1) is 22.0. The predicted octanol–water partition coefficient (Wildman–Crippen LogP) is 4.26. The number of halogens is 1. The fourth-order valence-corrected chi connectivity index (χ4v) is 3.11. The topological polar surface area (TPSA) is 49.4 Å². The van der Waals surface area contributed by atoms with Crippen molar-refractivity contribution in [2.45, 2.75) is 45.6 Å². The second-order valence-corrected chi connectivity index (χ2v) is 7.38. The lowest BCUT2D eigenvalue weighted by atomic mass is 10.1. The Bertz CT molecular complexity index is 747. The van der Waals surface area contributed by atoms with E-state index in [2.05, 4.69) is 12.2 Å². The molecule has 0 aromatic heterocycles. The summed E-state index contributed by atoms with van der Waals surface area (Å²) in [4.78, 5) is 27.2. The third kappa shape index (κ3) is 7.01. The average Bonchev–Trinajstić information content (AvgIpc) is 2.70. The molecule has 1 atom stereocenters. The third-order valence-electron chi connectivity index (χ3n) is 4.75. The molecule has 0 fully saturated rings. The van der Waals surface area contributed by atoms with Gasteiger partial charge in [-0.25, -0.2) is 0 Å². The molecule has 2 aromatic carbocycles. The number of unbranched alkanes of at least 4 members (excludes halogenated alkanes) is 1. The van der Waals surface area contributed by atoms with E-state index >= 15 is 0 Å². The molecule has 0 heterocycles. The predicted molar refractivity (Wildman–Crippen MR) is 114 cm³/mol. The molecule has 4 nitrogen and oxygen atoms in total. The van der Waals surface area contributed by atoms with Gasteiger partial charge in [0, 0.05) is 18.1 Å². The number of rotatable bonds is 10. The second kappa shape index (κ2) is 11.5. The van der Waals surface area contributed by atoms with Gasteiger partial charge in [0.25, 0.3) is 0 Å². The molecular weight excluding hydrogens is 372 g/mol. The van der Waals surface area contributed by atoms with Crippen LogP contribution in [0.25, 0.3) is 0 Å². The van der Waals surface area contributed by atoms with Gasteiger partial charge in [0.15, 0.2) is 0 Å². The van der Waals surface area contributed by atoms with Crippen molar-refractivity contribution in [1.82, 2.24) is 10.2 Å². The van der Waals surface area contributed by atoms with Gasteiger partial charge in [-0.3, -0.25) is 9.59 Å². The number of nitrogens with zero attached hydrogens (tertiary/aromatic N) is 1. The Hall–Kier alpha value is -2.33. The van der Waals surface area contributed by atoms with E-state index in [4.69, 9.17) is 11.6 Å². The lowest BCUT2D eigenvalue weighted by molar-refractivity contribution is -0.139. The van der Waals surface area contributed by atoms with Crippen LogP contribution in [0, 0.1) is 0 Å². The zero-order valence-electron chi connectivity index (χ0n) is 16.7. The van der Waals surface area contributed by atoms with E-state index in [0.717, 1.165) is 24.0 Å². The molecule has 0 bridgehead atoms. The van der Waals surface area contributed by atoms with Crippen LogP contribution in [-0.4, -0.2) is 35.8 Å². The first-order valence-electron chi connectivity index (χ1n) is 9.86. The van der Waals surface area contributed by atoms with Crippen LogP contribution in [0.4, 0.5) is 0 Å². The second-order valence-electron chi connectivity index (χ2n) is 6.95. The van der Waals surface area contributed by atoms with Crippen molar-refractivity contribution in [3.05, 3.63) is 70.7 Å². The number of hydrogen-bond acceptors (Lipinski definition) is 2. The zero-order chi connectivity index (χ0) is 20.4. The maximum absolute atomic E-state index is 13.0. The van der Waals surface area contributed by atoms with Crippen molar-refractivity contribution in [2.75, 3.05) is 13.1 Å². The van der Waals surface area contributed by atoms with Gasteiger partial charge in [-0.05, 0) is 43.0 Å². The van der Waals surface area contributed by atoms with Crippen molar-refractivity contribution >= 4 is 23.4 Å². The summed E-state index contributed by atoms with van der Waals surface area (Å²) in [5, 5.41) is 3.58. The Kier molecular flexibility index (Phi) is 9.02. The maximum Gasteiger partial charge on any atom is 0.242 e. The molecular formula is C23H29ClN2O2. The van der Waals surface area contributed by atoms with Gasteiger partial charge in [-0.1, -0.05) is 67.4 Å². The highest BCUT2D eigenvalue weighted by atomic mass is 35.5. The minimum atomic E-state index is -0.514. The van der Waals surface area contributed by atoms with Gasteiger partial charge in [-0.15, -0.1) is 0 Å². The summed E-state index contributed by atoms with van der Waals surface area (Å²) in [5.41, 5.74) is 2.03. The van der Waals surface area contributed by atoms with E-state index in [1.807, 2.05) is 42.5 Å². The van der Waals surface area contributed by atoms with E-state index in [-0.39, 0.29) is 18.2 Å². The van der Waals surface area contributed by atoms with Crippen LogP contribution in [0.15, 0.2) is 54.6 Å². The van der Waals surface area contributed by atoms with Crippen molar-refractivity contribution in [3.8, 4) is 0 Å². The Morgan fingerprint density at radius 2 is 1.71 bits per heavy atom. The summed E-state index contributed by atoms with van der Waals surface area (Å²) < 4.78 is 0. The van der Waals surface area contributed by atoms with E-state index < -0.39 is 6.04 Å². The van der Waals surface area contributed by atoms with Crippen LogP contribution in [-0.2, 0) is 22.4 Å². The Labute approximate surface area is 172 Å². The lowest BCUT2D eigenvalue weighted by Crippen LogP contribution is -2.49. The third-order valence-corrected chi connectivity index (χ3v) is 5.00. The SMILES string of the molecule is CCCCNC(=O)[C@@H](C)N(CCc1ccccc1)C(=O)Cc1ccc(Cl)cc1. The highest BCUT2D eigenvalue weighted by molar-refractivity contribution is 6.30. The van der Waals surface area contributed by atoms with Crippen LogP contribution in [0.3, 0.4) is 0 Å². The molecule has 0 spiro atoms. The average molecular weight is 401 g/mol. The molecule has 1 N–H and O–H groups in total. The molecule has 0 unspecified atom stereocenters. The van der Waals surface area contributed by atoms with E-state index in [1.54, 1.807) is 24.0 Å². The first-order valence-corrected chi connectivity index (χ1v) is 10.2. The molecule has 0 aliphatic carbocycles. The highest BCUT2D eigenvalue weighted by Crippen LogP contribution is 2.13. The van der Waals surface area contributed by atoms with Crippen molar-refractivity contribution < 1.29 is 9.59 Å². The Morgan fingerprint density at radius 1 is 1.04 bits per heavy atom. The normalized spacial score (nSPS) is 11.7. The summed E-state index contributed by atoms with van der Waals surface area (Å²) >= 11 is 5.93. The molecule has 0 saturated carbocycles. The zero-order valence-corrected chi connectivity index (χ0v) is 17.4. The molecule has 2 amide bonds. The Morgan fingerprint density at radius 3 is 2.36 bits per heavy atom. The number of hydrogen-bond donors (Lipinski definition) is 1. The van der Waals surface area contributed by atoms with Crippen LogP contribution >= 0.6 is 11.6 Å². The highest BCUT2D eigenvalue weighted by Gasteiger charge is 2.25. The summed E-state index contributed by atoms with van der Waals surface area (Å²) in [6.07, 6.45) is 2.90. The van der Waals surface area contributed by atoms with Crippen LogP contribution in [0.2, 0.25) is 5.02 Å². The minimum absolute atomic E-state index is 0.0589. The fourth-order valence-electron chi connectivity index (χ4n) is 2.98. The van der Waals surface area contributed by atoms with Gasteiger partial charge in [-0.2, -0.15) is 0 Å². The molecule has 5 heteroatoms. The number of carbonyl (C=O) groups is 2. The molecule has 2 rings (SSSR count). The summed E-state index contributed by atoms with van der Waals surface area (Å²) in [6, 6.07) is 16.7. The lowest BCUT2D eigenvalue weighted by Gasteiger charge is -2.29. The number of nitrogens with one attached hydrogen (secondary N) is 1. The van der Waals surface area contributed by atoms with Gasteiger partial charge in [0.05, 0.1) is 6.42 Å².